The molecule has 0 fully saturated rings. The predicted octanol–water partition coefficient (Wildman–Crippen LogP) is 4.85. The van der Waals surface area contributed by atoms with Crippen molar-refractivity contribution in [2.75, 3.05) is 19.6 Å². The van der Waals surface area contributed by atoms with Gasteiger partial charge in [-0.1, -0.05) is 58.0 Å². The molecule has 7 nitrogen and oxygen atoms in total. The van der Waals surface area contributed by atoms with Gasteiger partial charge in [-0.05, 0) is 36.6 Å². The van der Waals surface area contributed by atoms with E-state index >= 15 is 0 Å². The lowest BCUT2D eigenvalue weighted by Gasteiger charge is -2.22. The van der Waals surface area contributed by atoms with Gasteiger partial charge in [-0.2, -0.15) is 4.31 Å². The molecule has 3 aromatic rings. The lowest BCUT2D eigenvalue weighted by Crippen LogP contribution is -2.31. The number of benzene rings is 2. The first-order valence-corrected chi connectivity index (χ1v) is 14.1. The van der Waals surface area contributed by atoms with Gasteiger partial charge in [-0.25, -0.2) is 13.4 Å². The zero-order valence-corrected chi connectivity index (χ0v) is 22.2. The summed E-state index contributed by atoms with van der Waals surface area (Å²) in [4.78, 5) is 20.1. The van der Waals surface area contributed by atoms with E-state index in [1.807, 2.05) is 55.1 Å². The van der Waals surface area contributed by atoms with Crippen molar-refractivity contribution >= 4 is 27.0 Å². The van der Waals surface area contributed by atoms with E-state index in [0.717, 1.165) is 36.3 Å². The molecule has 0 N–H and O–H groups in total. The highest BCUT2D eigenvalue weighted by Gasteiger charge is 2.23. The molecule has 0 radical (unpaired) electrons. The zero-order chi connectivity index (χ0) is 25.4. The molecule has 8 heteroatoms. The van der Waals surface area contributed by atoms with E-state index in [2.05, 4.69) is 18.4 Å². The van der Waals surface area contributed by atoms with E-state index in [9.17, 15) is 13.2 Å². The molecule has 190 valence electrons. The molecule has 1 heterocycles. The Morgan fingerprint density at radius 1 is 0.971 bits per heavy atom. The number of carbonyl (C=O) groups excluding carboxylic acids is 1. The molecule has 35 heavy (non-hydrogen) atoms. The van der Waals surface area contributed by atoms with Gasteiger partial charge in [-0.15, -0.1) is 0 Å². The van der Waals surface area contributed by atoms with Gasteiger partial charge in [-0.3, -0.25) is 4.79 Å². The van der Waals surface area contributed by atoms with Crippen LogP contribution in [-0.4, -0.2) is 52.7 Å². The van der Waals surface area contributed by atoms with E-state index in [-0.39, 0.29) is 10.8 Å². The minimum absolute atomic E-state index is 0.107. The molecule has 0 bridgehead atoms. The summed E-state index contributed by atoms with van der Waals surface area (Å²) in [7, 11) is -3.56. The van der Waals surface area contributed by atoms with Crippen molar-refractivity contribution in [3.05, 3.63) is 59.9 Å². The largest absolute Gasteiger partial charge is 0.338 e. The molecular weight excluding hydrogens is 460 g/mol. The van der Waals surface area contributed by atoms with Crippen molar-refractivity contribution in [3.8, 4) is 0 Å². The fraction of sp³-hybridized carbons (Fsp3) is 0.481. The van der Waals surface area contributed by atoms with Crippen LogP contribution >= 0.6 is 0 Å². The number of carbonyl (C=O) groups is 1. The van der Waals surface area contributed by atoms with Crippen LogP contribution in [0.25, 0.3) is 11.0 Å². The monoisotopic (exact) mass is 498 g/mol. The quantitative estimate of drug-likeness (QED) is 0.338. The topological polar surface area (TPSA) is 75.5 Å². The van der Waals surface area contributed by atoms with Gasteiger partial charge in [0.1, 0.15) is 5.82 Å². The molecule has 3 rings (SSSR count). The normalized spacial score (nSPS) is 11.9. The molecule has 0 spiro atoms. The molecule has 0 unspecified atom stereocenters. The highest BCUT2D eigenvalue weighted by Crippen LogP contribution is 2.24. The molecule has 0 aliphatic carbocycles. The summed E-state index contributed by atoms with van der Waals surface area (Å²) in [5.74, 6) is 0.930. The van der Waals surface area contributed by atoms with Gasteiger partial charge in [0.05, 0.1) is 15.9 Å². The molecule has 0 aliphatic heterocycles. The number of aromatic nitrogens is 2. The van der Waals surface area contributed by atoms with E-state index in [1.165, 1.54) is 4.31 Å². The van der Waals surface area contributed by atoms with Crippen molar-refractivity contribution in [1.29, 1.82) is 0 Å². The van der Waals surface area contributed by atoms with E-state index in [4.69, 9.17) is 4.98 Å². The minimum atomic E-state index is -3.56. The Kier molecular flexibility index (Phi) is 9.46. The van der Waals surface area contributed by atoms with Crippen LogP contribution in [0.1, 0.15) is 58.3 Å². The number of nitrogens with zero attached hydrogens (tertiary/aromatic N) is 4. The first-order valence-electron chi connectivity index (χ1n) is 12.7. The minimum Gasteiger partial charge on any atom is -0.338 e. The van der Waals surface area contributed by atoms with E-state index in [0.29, 0.717) is 44.5 Å². The number of hydrogen-bond acceptors (Lipinski definition) is 4. The van der Waals surface area contributed by atoms with Crippen molar-refractivity contribution in [2.24, 2.45) is 0 Å². The third kappa shape index (κ3) is 6.30. The highest BCUT2D eigenvalue weighted by atomic mass is 32.2. The number of hydrogen-bond donors (Lipinski definition) is 0. The Balaban J connectivity index is 1.84. The first kappa shape index (κ1) is 26.9. The third-order valence-electron chi connectivity index (χ3n) is 6.21. The van der Waals surface area contributed by atoms with Crippen LogP contribution in [-0.2, 0) is 34.3 Å². The highest BCUT2D eigenvalue weighted by molar-refractivity contribution is 7.89. The molecule has 0 aliphatic rings. The molecule has 2 aromatic carbocycles. The maximum Gasteiger partial charge on any atom is 0.243 e. The summed E-state index contributed by atoms with van der Waals surface area (Å²) >= 11 is 0. The number of amides is 1. The average Bonchev–Trinajstić information content (AvgIpc) is 3.20. The summed E-state index contributed by atoms with van der Waals surface area (Å²) in [5.41, 5.74) is 2.68. The third-order valence-corrected chi connectivity index (χ3v) is 8.26. The summed E-state index contributed by atoms with van der Waals surface area (Å²) in [6, 6.07) is 15.2. The van der Waals surface area contributed by atoms with E-state index in [1.54, 1.807) is 12.1 Å². The van der Waals surface area contributed by atoms with Crippen LogP contribution in [0.5, 0.6) is 0 Å². The van der Waals surface area contributed by atoms with Crippen molar-refractivity contribution < 1.29 is 13.2 Å². The molecule has 0 saturated heterocycles. The van der Waals surface area contributed by atoms with Gasteiger partial charge in [0.25, 0.3) is 0 Å². The molecule has 1 aromatic heterocycles. The smallest absolute Gasteiger partial charge is 0.243 e. The van der Waals surface area contributed by atoms with Crippen molar-refractivity contribution in [2.45, 2.75) is 71.4 Å². The Morgan fingerprint density at radius 3 is 2.31 bits per heavy atom. The number of aryl methyl sites for hydroxylation is 2. The second-order valence-corrected chi connectivity index (χ2v) is 10.7. The molecule has 0 atom stereocenters. The fourth-order valence-corrected chi connectivity index (χ4v) is 5.92. The van der Waals surface area contributed by atoms with Crippen LogP contribution in [0.2, 0.25) is 0 Å². The van der Waals surface area contributed by atoms with Crippen LogP contribution < -0.4 is 0 Å². The number of sulfonamides is 1. The van der Waals surface area contributed by atoms with Gasteiger partial charge in [0.2, 0.25) is 15.9 Å². The standard InChI is InChI=1S/C27H38N4O3S/c1-5-18-29(21-22-12-10-9-11-13-22)27(32)17-16-26-28-24-20-23(35(33,34)30(7-3)8-4)14-15-25(24)31(26)19-6-2/h9-15,20H,5-8,16-19,21H2,1-4H3. The summed E-state index contributed by atoms with van der Waals surface area (Å²) in [5, 5.41) is 0. The van der Waals surface area contributed by atoms with Crippen molar-refractivity contribution in [3.63, 3.8) is 0 Å². The Morgan fingerprint density at radius 2 is 1.69 bits per heavy atom. The van der Waals surface area contributed by atoms with Crippen LogP contribution in [0.3, 0.4) is 0 Å². The lowest BCUT2D eigenvalue weighted by atomic mass is 10.2. The van der Waals surface area contributed by atoms with Crippen LogP contribution in [0, 0.1) is 0 Å². The van der Waals surface area contributed by atoms with Crippen LogP contribution in [0.4, 0.5) is 0 Å². The first-order chi connectivity index (χ1) is 16.8. The van der Waals surface area contributed by atoms with Crippen molar-refractivity contribution in [1.82, 2.24) is 18.8 Å². The Bertz CT molecular complexity index is 1220. The van der Waals surface area contributed by atoms with E-state index < -0.39 is 10.0 Å². The second-order valence-electron chi connectivity index (χ2n) is 8.72. The maximum atomic E-state index is 13.1. The Hall–Kier alpha value is -2.71. The summed E-state index contributed by atoms with van der Waals surface area (Å²) in [6.07, 6.45) is 2.70. The van der Waals surface area contributed by atoms with Gasteiger partial charge < -0.3 is 9.47 Å². The Labute approximate surface area is 209 Å². The van der Waals surface area contributed by atoms with Gasteiger partial charge >= 0.3 is 0 Å². The molecule has 1 amide bonds. The second kappa shape index (κ2) is 12.3. The fourth-order valence-electron chi connectivity index (χ4n) is 4.44. The zero-order valence-electron chi connectivity index (χ0n) is 21.4. The van der Waals surface area contributed by atoms with Crippen LogP contribution in [0.15, 0.2) is 53.4 Å². The van der Waals surface area contributed by atoms with Gasteiger partial charge in [0, 0.05) is 45.6 Å². The summed E-state index contributed by atoms with van der Waals surface area (Å²) in [6.45, 7) is 10.8. The molecule has 0 saturated carbocycles. The number of rotatable bonds is 13. The predicted molar refractivity (Wildman–Crippen MR) is 141 cm³/mol. The average molecular weight is 499 g/mol. The molecular formula is C27H38N4O3S. The summed E-state index contributed by atoms with van der Waals surface area (Å²) < 4.78 is 29.6. The number of fused-ring (bicyclic) bond motifs is 1. The number of imidazole rings is 1. The SMILES string of the molecule is CCCN(Cc1ccccc1)C(=O)CCc1nc2cc(S(=O)(=O)N(CC)CC)ccc2n1CCC. The van der Waals surface area contributed by atoms with Gasteiger partial charge in [0.15, 0.2) is 0 Å². The maximum absolute atomic E-state index is 13.1. The lowest BCUT2D eigenvalue weighted by molar-refractivity contribution is -0.131.